The van der Waals surface area contributed by atoms with Gasteiger partial charge in [-0.1, -0.05) is 6.07 Å². The van der Waals surface area contributed by atoms with Crippen LogP contribution in [0, 0.1) is 11.3 Å². The van der Waals surface area contributed by atoms with Gasteiger partial charge in [0.15, 0.2) is 5.13 Å². The van der Waals surface area contributed by atoms with Crippen LogP contribution in [0.4, 0.5) is 5.13 Å². The summed E-state index contributed by atoms with van der Waals surface area (Å²) in [5.41, 5.74) is 0.854. The van der Waals surface area contributed by atoms with Crippen LogP contribution in [-0.2, 0) is 4.79 Å². The average molecular weight is 249 g/mol. The van der Waals surface area contributed by atoms with Crippen molar-refractivity contribution >= 4 is 33.7 Å². The molecule has 0 bridgehead atoms. The van der Waals surface area contributed by atoms with Gasteiger partial charge in [0.25, 0.3) is 0 Å². The molecule has 4 nitrogen and oxygen atoms in total. The second kappa shape index (κ2) is 4.88. The minimum absolute atomic E-state index is 0.145. The highest BCUT2D eigenvalue weighted by molar-refractivity contribution is 7.16. The monoisotopic (exact) mass is 249 g/mol. The summed E-state index contributed by atoms with van der Waals surface area (Å²) >= 11 is 2.95. The zero-order valence-corrected chi connectivity index (χ0v) is 9.77. The lowest BCUT2D eigenvalue weighted by atomic mass is 10.4. The molecule has 0 aliphatic heterocycles. The molecule has 0 radical (unpaired) electrons. The topological polar surface area (TPSA) is 65.8 Å². The van der Waals surface area contributed by atoms with E-state index in [0.717, 1.165) is 10.6 Å². The average Bonchev–Trinajstić information content (AvgIpc) is 2.86. The van der Waals surface area contributed by atoms with E-state index in [2.05, 4.69) is 10.3 Å². The van der Waals surface area contributed by atoms with Crippen molar-refractivity contribution in [1.29, 1.82) is 5.26 Å². The molecule has 16 heavy (non-hydrogen) atoms. The Morgan fingerprint density at radius 3 is 3.12 bits per heavy atom. The number of carbonyl (C=O) groups is 1. The van der Waals surface area contributed by atoms with Crippen LogP contribution in [-0.4, -0.2) is 10.9 Å². The number of nitrogens with one attached hydrogen (secondary N) is 1. The van der Waals surface area contributed by atoms with Crippen LogP contribution in [0.1, 0.15) is 6.42 Å². The van der Waals surface area contributed by atoms with Crippen molar-refractivity contribution in [2.75, 3.05) is 5.32 Å². The van der Waals surface area contributed by atoms with E-state index in [-0.39, 0.29) is 12.3 Å². The van der Waals surface area contributed by atoms with Crippen molar-refractivity contribution in [2.45, 2.75) is 6.42 Å². The first-order chi connectivity index (χ1) is 7.79. The van der Waals surface area contributed by atoms with Gasteiger partial charge < -0.3 is 5.32 Å². The number of carbonyl (C=O) groups excluding carboxylic acids is 1. The maximum atomic E-state index is 11.1. The van der Waals surface area contributed by atoms with Crippen molar-refractivity contribution in [3.63, 3.8) is 0 Å². The highest BCUT2D eigenvalue weighted by Crippen LogP contribution is 2.28. The molecule has 0 saturated heterocycles. The van der Waals surface area contributed by atoms with Gasteiger partial charge in [0.2, 0.25) is 5.91 Å². The molecule has 0 aliphatic carbocycles. The molecule has 2 aromatic rings. The summed E-state index contributed by atoms with van der Waals surface area (Å²) in [4.78, 5) is 16.5. The Morgan fingerprint density at radius 1 is 1.56 bits per heavy atom. The van der Waals surface area contributed by atoms with E-state index in [1.807, 2.05) is 22.9 Å². The molecular weight excluding hydrogens is 242 g/mol. The van der Waals surface area contributed by atoms with Gasteiger partial charge in [0.1, 0.15) is 6.42 Å². The number of nitrogens with zero attached hydrogens (tertiary/aromatic N) is 2. The highest BCUT2D eigenvalue weighted by Gasteiger charge is 2.07. The standard InChI is InChI=1S/C10H7N3OS2/c11-4-3-9(14)13-10-12-7(6-16-10)8-2-1-5-15-8/h1-2,5-6H,3H2,(H,12,13,14). The van der Waals surface area contributed by atoms with Gasteiger partial charge in [-0.2, -0.15) is 5.26 Å². The number of hydrogen-bond donors (Lipinski definition) is 1. The fourth-order valence-electron chi connectivity index (χ4n) is 1.10. The van der Waals surface area contributed by atoms with E-state index in [9.17, 15) is 4.79 Å². The van der Waals surface area contributed by atoms with Crippen molar-refractivity contribution in [1.82, 2.24) is 4.98 Å². The van der Waals surface area contributed by atoms with Gasteiger partial charge >= 0.3 is 0 Å². The first kappa shape index (κ1) is 10.8. The van der Waals surface area contributed by atoms with E-state index >= 15 is 0 Å². The van der Waals surface area contributed by atoms with Crippen molar-refractivity contribution in [3.8, 4) is 16.6 Å². The Bertz CT molecular complexity index is 525. The van der Waals surface area contributed by atoms with Crippen LogP contribution in [0.15, 0.2) is 22.9 Å². The third-order valence-electron chi connectivity index (χ3n) is 1.76. The summed E-state index contributed by atoms with van der Waals surface area (Å²) in [5, 5.41) is 15.3. The zero-order chi connectivity index (χ0) is 11.4. The van der Waals surface area contributed by atoms with Crippen molar-refractivity contribution in [3.05, 3.63) is 22.9 Å². The molecule has 80 valence electrons. The van der Waals surface area contributed by atoms with E-state index in [0.29, 0.717) is 5.13 Å². The number of thiazole rings is 1. The van der Waals surface area contributed by atoms with Crippen LogP contribution < -0.4 is 5.32 Å². The number of aromatic nitrogens is 1. The summed E-state index contributed by atoms with van der Waals surface area (Å²) in [6.45, 7) is 0. The molecule has 2 heterocycles. The molecule has 1 amide bonds. The molecule has 0 spiro atoms. The predicted octanol–water partition coefficient (Wildman–Crippen LogP) is 2.72. The lowest BCUT2D eigenvalue weighted by molar-refractivity contribution is -0.115. The first-order valence-corrected chi connectivity index (χ1v) is 6.22. The Kier molecular flexibility index (Phi) is 3.29. The van der Waals surface area contributed by atoms with Gasteiger partial charge in [-0.25, -0.2) is 4.98 Å². The Morgan fingerprint density at radius 2 is 2.44 bits per heavy atom. The molecule has 0 fully saturated rings. The second-order valence-electron chi connectivity index (χ2n) is 2.90. The van der Waals surface area contributed by atoms with E-state index in [1.54, 1.807) is 17.4 Å². The minimum Gasteiger partial charge on any atom is -0.301 e. The number of thiophene rings is 1. The number of rotatable bonds is 3. The fourth-order valence-corrected chi connectivity index (χ4v) is 2.59. The smallest absolute Gasteiger partial charge is 0.240 e. The number of hydrogen-bond acceptors (Lipinski definition) is 5. The summed E-state index contributed by atoms with van der Waals surface area (Å²) < 4.78 is 0. The van der Waals surface area contributed by atoms with Crippen molar-refractivity contribution in [2.24, 2.45) is 0 Å². The summed E-state index contributed by atoms with van der Waals surface area (Å²) in [6.07, 6.45) is -0.145. The maximum Gasteiger partial charge on any atom is 0.240 e. The lowest BCUT2D eigenvalue weighted by Crippen LogP contribution is -2.09. The minimum atomic E-state index is -0.324. The van der Waals surface area contributed by atoms with Gasteiger partial charge in [0.05, 0.1) is 16.6 Å². The maximum absolute atomic E-state index is 11.1. The molecule has 6 heteroatoms. The van der Waals surface area contributed by atoms with Crippen LogP contribution in [0.3, 0.4) is 0 Å². The second-order valence-corrected chi connectivity index (χ2v) is 4.70. The largest absolute Gasteiger partial charge is 0.301 e. The van der Waals surface area contributed by atoms with Gasteiger partial charge in [-0.3, -0.25) is 4.79 Å². The molecule has 0 aromatic carbocycles. The van der Waals surface area contributed by atoms with E-state index < -0.39 is 0 Å². The summed E-state index contributed by atoms with van der Waals surface area (Å²) in [7, 11) is 0. The molecule has 0 aliphatic rings. The third-order valence-corrected chi connectivity index (χ3v) is 3.41. The highest BCUT2D eigenvalue weighted by atomic mass is 32.1. The molecule has 0 saturated carbocycles. The molecule has 0 unspecified atom stereocenters. The number of anilines is 1. The third kappa shape index (κ3) is 2.45. The van der Waals surface area contributed by atoms with Gasteiger partial charge in [0, 0.05) is 5.38 Å². The van der Waals surface area contributed by atoms with Gasteiger partial charge in [-0.05, 0) is 11.4 Å². The van der Waals surface area contributed by atoms with Crippen molar-refractivity contribution < 1.29 is 4.79 Å². The van der Waals surface area contributed by atoms with E-state index in [1.165, 1.54) is 11.3 Å². The van der Waals surface area contributed by atoms with E-state index in [4.69, 9.17) is 5.26 Å². The van der Waals surface area contributed by atoms with Crippen LogP contribution in [0.25, 0.3) is 10.6 Å². The van der Waals surface area contributed by atoms with Crippen LogP contribution >= 0.6 is 22.7 Å². The Hall–Kier alpha value is -1.71. The van der Waals surface area contributed by atoms with Crippen LogP contribution in [0.5, 0.6) is 0 Å². The zero-order valence-electron chi connectivity index (χ0n) is 8.14. The predicted molar refractivity (Wildman–Crippen MR) is 64.3 cm³/mol. The molecule has 0 atom stereocenters. The van der Waals surface area contributed by atoms with Crippen LogP contribution in [0.2, 0.25) is 0 Å². The fraction of sp³-hybridized carbons (Fsp3) is 0.100. The molecule has 1 N–H and O–H groups in total. The summed E-state index contributed by atoms with van der Waals surface area (Å²) in [5.74, 6) is -0.324. The SMILES string of the molecule is N#CCC(=O)Nc1nc(-c2cccs2)cs1. The number of nitriles is 1. The molecule has 2 rings (SSSR count). The normalized spacial score (nSPS) is 9.69. The number of amides is 1. The Balaban J connectivity index is 2.09. The first-order valence-electron chi connectivity index (χ1n) is 4.46. The Labute approximate surface area is 100 Å². The lowest BCUT2D eigenvalue weighted by Gasteiger charge is -1.95. The summed E-state index contributed by atoms with van der Waals surface area (Å²) in [6, 6.07) is 5.71. The van der Waals surface area contributed by atoms with Gasteiger partial charge in [-0.15, -0.1) is 22.7 Å². The molecule has 2 aromatic heterocycles. The quantitative estimate of drug-likeness (QED) is 0.909. The molecular formula is C10H7N3OS2.